The summed E-state index contributed by atoms with van der Waals surface area (Å²) in [5.74, 6) is 1.69. The smallest absolute Gasteiger partial charge is 0.142 e. The topological polar surface area (TPSA) is 47.0 Å². The van der Waals surface area contributed by atoms with E-state index >= 15 is 0 Å². The third kappa shape index (κ3) is 2.40. The van der Waals surface area contributed by atoms with E-state index in [0.29, 0.717) is 0 Å². The highest BCUT2D eigenvalue weighted by atomic mass is 35.5. The number of rotatable bonds is 3. The lowest BCUT2D eigenvalue weighted by Gasteiger charge is -2.11. The van der Waals surface area contributed by atoms with Crippen LogP contribution >= 0.6 is 23.7 Å². The molecule has 1 aliphatic carbocycles. The van der Waals surface area contributed by atoms with E-state index in [1.54, 1.807) is 24.8 Å². The van der Waals surface area contributed by atoms with Gasteiger partial charge in [-0.1, -0.05) is 12.1 Å². The first-order valence-corrected chi connectivity index (χ1v) is 7.84. The SMILES string of the molecule is COc1ccccc1Nc1ncnc2sc3c(c12)CCC3.Cl. The van der Waals surface area contributed by atoms with Crippen LogP contribution in [0.25, 0.3) is 10.2 Å². The Morgan fingerprint density at radius 1 is 1.18 bits per heavy atom. The summed E-state index contributed by atoms with van der Waals surface area (Å²) in [6.07, 6.45) is 5.17. The molecule has 0 saturated carbocycles. The Bertz CT molecular complexity index is 818. The Kier molecular flexibility index (Phi) is 4.18. The molecule has 22 heavy (non-hydrogen) atoms. The molecule has 0 amide bonds. The highest BCUT2D eigenvalue weighted by Crippen LogP contribution is 2.40. The number of nitrogens with zero attached hydrogens (tertiary/aromatic N) is 2. The van der Waals surface area contributed by atoms with E-state index in [1.165, 1.54) is 28.7 Å². The van der Waals surface area contributed by atoms with Crippen molar-refractivity contribution < 1.29 is 4.74 Å². The number of anilines is 2. The number of methoxy groups -OCH3 is 1. The van der Waals surface area contributed by atoms with E-state index in [9.17, 15) is 0 Å². The van der Waals surface area contributed by atoms with Crippen molar-refractivity contribution >= 4 is 45.5 Å². The predicted molar refractivity (Wildman–Crippen MR) is 93.0 cm³/mol. The van der Waals surface area contributed by atoms with Gasteiger partial charge in [0.15, 0.2) is 0 Å². The molecule has 0 atom stereocenters. The fourth-order valence-electron chi connectivity index (χ4n) is 2.90. The van der Waals surface area contributed by atoms with Crippen molar-refractivity contribution in [2.24, 2.45) is 0 Å². The molecule has 3 aromatic rings. The molecule has 0 bridgehead atoms. The van der Waals surface area contributed by atoms with E-state index in [-0.39, 0.29) is 12.4 Å². The standard InChI is InChI=1S/C16H15N3OS.ClH/c1-20-12-7-3-2-6-11(12)19-15-14-10-5-4-8-13(10)21-16(14)18-9-17-15;/h2-3,6-7,9H,4-5,8H2,1H3,(H,17,18,19);1H. The Balaban J connectivity index is 0.00000144. The van der Waals surface area contributed by atoms with Crippen LogP contribution in [0.4, 0.5) is 11.5 Å². The number of aryl methyl sites for hydroxylation is 2. The van der Waals surface area contributed by atoms with E-state index < -0.39 is 0 Å². The van der Waals surface area contributed by atoms with Crippen LogP contribution in [0.2, 0.25) is 0 Å². The molecule has 0 saturated heterocycles. The van der Waals surface area contributed by atoms with Gasteiger partial charge in [0.1, 0.15) is 22.7 Å². The Labute approximate surface area is 139 Å². The highest BCUT2D eigenvalue weighted by molar-refractivity contribution is 7.19. The summed E-state index contributed by atoms with van der Waals surface area (Å²) >= 11 is 1.80. The van der Waals surface area contributed by atoms with Gasteiger partial charge in [0, 0.05) is 4.88 Å². The minimum Gasteiger partial charge on any atom is -0.495 e. The number of aromatic nitrogens is 2. The fourth-order valence-corrected chi connectivity index (χ4v) is 4.13. The number of fused-ring (bicyclic) bond motifs is 3. The molecular formula is C16H16ClN3OS. The number of thiophene rings is 1. The van der Waals surface area contributed by atoms with Crippen molar-refractivity contribution in [3.63, 3.8) is 0 Å². The van der Waals surface area contributed by atoms with Crippen LogP contribution in [-0.2, 0) is 12.8 Å². The molecule has 4 rings (SSSR count). The molecular weight excluding hydrogens is 318 g/mol. The molecule has 6 heteroatoms. The first-order valence-electron chi connectivity index (χ1n) is 7.02. The molecule has 2 heterocycles. The fraction of sp³-hybridized carbons (Fsp3) is 0.250. The maximum atomic E-state index is 5.40. The van der Waals surface area contributed by atoms with Crippen LogP contribution in [0.15, 0.2) is 30.6 Å². The van der Waals surface area contributed by atoms with Crippen LogP contribution < -0.4 is 10.1 Å². The monoisotopic (exact) mass is 333 g/mol. The van der Waals surface area contributed by atoms with Gasteiger partial charge < -0.3 is 10.1 Å². The lowest BCUT2D eigenvalue weighted by molar-refractivity contribution is 0.417. The van der Waals surface area contributed by atoms with E-state index in [0.717, 1.165) is 28.5 Å². The number of hydrogen-bond donors (Lipinski definition) is 1. The summed E-state index contributed by atoms with van der Waals surface area (Å²) in [5.41, 5.74) is 2.35. The van der Waals surface area contributed by atoms with Gasteiger partial charge in [-0.2, -0.15) is 0 Å². The van der Waals surface area contributed by atoms with Crippen molar-refractivity contribution in [2.75, 3.05) is 12.4 Å². The largest absolute Gasteiger partial charge is 0.495 e. The molecule has 1 aromatic carbocycles. The zero-order valence-corrected chi connectivity index (χ0v) is 13.8. The quantitative estimate of drug-likeness (QED) is 0.774. The van der Waals surface area contributed by atoms with Gasteiger partial charge in [0.2, 0.25) is 0 Å². The highest BCUT2D eigenvalue weighted by Gasteiger charge is 2.21. The third-order valence-electron chi connectivity index (χ3n) is 3.86. The first-order chi connectivity index (χ1) is 10.4. The van der Waals surface area contributed by atoms with Crippen molar-refractivity contribution in [3.8, 4) is 5.75 Å². The number of nitrogens with one attached hydrogen (secondary N) is 1. The minimum absolute atomic E-state index is 0. The zero-order chi connectivity index (χ0) is 14.2. The maximum Gasteiger partial charge on any atom is 0.142 e. The number of ether oxygens (including phenoxy) is 1. The van der Waals surface area contributed by atoms with Gasteiger partial charge in [-0.15, -0.1) is 23.7 Å². The molecule has 2 aromatic heterocycles. The van der Waals surface area contributed by atoms with Crippen LogP contribution in [0, 0.1) is 0 Å². The van der Waals surface area contributed by atoms with Crippen LogP contribution in [0.3, 0.4) is 0 Å². The molecule has 114 valence electrons. The van der Waals surface area contributed by atoms with Gasteiger partial charge in [-0.05, 0) is 37.0 Å². The second kappa shape index (κ2) is 6.10. The number of para-hydroxylation sites is 2. The second-order valence-electron chi connectivity index (χ2n) is 5.09. The second-order valence-corrected chi connectivity index (χ2v) is 6.17. The van der Waals surface area contributed by atoms with Gasteiger partial charge in [0.25, 0.3) is 0 Å². The summed E-state index contributed by atoms with van der Waals surface area (Å²) in [6, 6.07) is 7.89. The summed E-state index contributed by atoms with van der Waals surface area (Å²) in [4.78, 5) is 11.4. The van der Waals surface area contributed by atoms with Crippen LogP contribution in [-0.4, -0.2) is 17.1 Å². The van der Waals surface area contributed by atoms with Crippen LogP contribution in [0.5, 0.6) is 5.75 Å². The molecule has 1 N–H and O–H groups in total. The maximum absolute atomic E-state index is 5.40. The normalized spacial score (nSPS) is 12.8. The summed E-state index contributed by atoms with van der Waals surface area (Å²) in [5, 5.41) is 4.59. The van der Waals surface area contributed by atoms with E-state index in [4.69, 9.17) is 4.74 Å². The van der Waals surface area contributed by atoms with E-state index in [2.05, 4.69) is 15.3 Å². The average Bonchev–Trinajstić information content (AvgIpc) is 3.08. The Morgan fingerprint density at radius 2 is 2.05 bits per heavy atom. The minimum atomic E-state index is 0. The van der Waals surface area contributed by atoms with Crippen molar-refractivity contribution in [2.45, 2.75) is 19.3 Å². The number of hydrogen-bond acceptors (Lipinski definition) is 5. The van der Waals surface area contributed by atoms with Crippen molar-refractivity contribution in [1.82, 2.24) is 9.97 Å². The first kappa shape index (κ1) is 15.1. The lowest BCUT2D eigenvalue weighted by atomic mass is 10.2. The third-order valence-corrected chi connectivity index (χ3v) is 5.06. The van der Waals surface area contributed by atoms with Gasteiger partial charge in [-0.3, -0.25) is 0 Å². The summed E-state index contributed by atoms with van der Waals surface area (Å²) < 4.78 is 5.40. The molecule has 0 unspecified atom stereocenters. The summed E-state index contributed by atoms with van der Waals surface area (Å²) in [7, 11) is 1.68. The van der Waals surface area contributed by atoms with Crippen molar-refractivity contribution in [3.05, 3.63) is 41.0 Å². The Morgan fingerprint density at radius 3 is 2.91 bits per heavy atom. The predicted octanol–water partition coefficient (Wildman–Crippen LogP) is 4.35. The van der Waals surface area contributed by atoms with Gasteiger partial charge in [-0.25, -0.2) is 9.97 Å². The molecule has 0 aliphatic heterocycles. The Hall–Kier alpha value is -1.85. The number of benzene rings is 1. The number of halogens is 1. The molecule has 0 radical (unpaired) electrons. The van der Waals surface area contributed by atoms with Crippen LogP contribution in [0.1, 0.15) is 16.9 Å². The zero-order valence-electron chi connectivity index (χ0n) is 12.1. The van der Waals surface area contributed by atoms with Crippen molar-refractivity contribution in [1.29, 1.82) is 0 Å². The molecule has 1 aliphatic rings. The molecule has 0 fully saturated rings. The average molecular weight is 334 g/mol. The van der Waals surface area contributed by atoms with Gasteiger partial charge >= 0.3 is 0 Å². The van der Waals surface area contributed by atoms with E-state index in [1.807, 2.05) is 24.3 Å². The molecule has 4 nitrogen and oxygen atoms in total. The van der Waals surface area contributed by atoms with Gasteiger partial charge in [0.05, 0.1) is 18.2 Å². The molecule has 0 spiro atoms. The summed E-state index contributed by atoms with van der Waals surface area (Å²) in [6.45, 7) is 0. The lowest BCUT2D eigenvalue weighted by Crippen LogP contribution is -1.98.